The number of anilines is 2. The third-order valence-electron chi connectivity index (χ3n) is 6.32. The van der Waals surface area contributed by atoms with E-state index in [9.17, 15) is 9.59 Å². The van der Waals surface area contributed by atoms with E-state index in [2.05, 4.69) is 20.6 Å². The SMILES string of the molecule is Cc1onc(N)c1-c1ccc(C(=O)N2CC[C@@H](NC(=O)c3cc(-c4cnn(C)c4)cnc3N)C2)cc1. The van der Waals surface area contributed by atoms with Gasteiger partial charge in [0.25, 0.3) is 11.8 Å². The molecule has 1 fully saturated rings. The summed E-state index contributed by atoms with van der Waals surface area (Å²) in [6.45, 7) is 2.72. The Morgan fingerprint density at radius 2 is 1.86 bits per heavy atom. The van der Waals surface area contributed by atoms with Crippen LogP contribution in [-0.2, 0) is 7.05 Å². The topological polar surface area (TPSA) is 158 Å². The lowest BCUT2D eigenvalue weighted by Gasteiger charge is -2.18. The standard InChI is InChI=1S/C25H26N8O3/c1-14-21(23(27)31-36-14)15-3-5-16(6-4-15)25(35)33-8-7-19(13-33)30-24(34)20-9-17(10-28-22(20)26)18-11-29-32(2)12-18/h3-6,9-12,19H,7-8,13H2,1-2H3,(H2,26,28)(H2,27,31)(H,30,34)/t19-/m1/s1. The van der Waals surface area contributed by atoms with Crippen LogP contribution in [0.5, 0.6) is 0 Å². The highest BCUT2D eigenvalue weighted by Gasteiger charge is 2.29. The molecular formula is C25H26N8O3. The molecule has 2 amide bonds. The van der Waals surface area contributed by atoms with E-state index in [1.165, 1.54) is 0 Å². The van der Waals surface area contributed by atoms with E-state index in [4.69, 9.17) is 16.0 Å². The van der Waals surface area contributed by atoms with Crippen molar-refractivity contribution in [3.05, 3.63) is 65.8 Å². The molecule has 1 aliphatic rings. The first-order valence-corrected chi connectivity index (χ1v) is 11.5. The predicted molar refractivity (Wildman–Crippen MR) is 134 cm³/mol. The number of likely N-dealkylation sites (tertiary alicyclic amines) is 1. The smallest absolute Gasteiger partial charge is 0.255 e. The van der Waals surface area contributed by atoms with Crippen LogP contribution in [-0.4, -0.2) is 55.8 Å². The van der Waals surface area contributed by atoms with Crippen LogP contribution < -0.4 is 16.8 Å². The Morgan fingerprint density at radius 3 is 2.53 bits per heavy atom. The molecule has 11 nitrogen and oxygen atoms in total. The van der Waals surface area contributed by atoms with Crippen LogP contribution in [0.1, 0.15) is 32.9 Å². The monoisotopic (exact) mass is 486 g/mol. The first-order chi connectivity index (χ1) is 17.3. The van der Waals surface area contributed by atoms with Gasteiger partial charge in [0.2, 0.25) is 0 Å². The molecular weight excluding hydrogens is 460 g/mol. The van der Waals surface area contributed by atoms with Crippen LogP contribution in [0.15, 0.2) is 53.4 Å². The summed E-state index contributed by atoms with van der Waals surface area (Å²) in [5.74, 6) is 0.650. The van der Waals surface area contributed by atoms with E-state index >= 15 is 0 Å². The first kappa shape index (κ1) is 23.1. The minimum absolute atomic E-state index is 0.104. The summed E-state index contributed by atoms with van der Waals surface area (Å²) in [5, 5.41) is 10.9. The largest absolute Gasteiger partial charge is 0.383 e. The molecule has 0 spiro atoms. The lowest BCUT2D eigenvalue weighted by atomic mass is 10.0. The van der Waals surface area contributed by atoms with Crippen molar-refractivity contribution in [1.82, 2.24) is 30.1 Å². The Balaban J connectivity index is 1.24. The van der Waals surface area contributed by atoms with Crippen LogP contribution in [0.4, 0.5) is 11.6 Å². The van der Waals surface area contributed by atoms with E-state index in [0.717, 1.165) is 22.3 Å². The molecule has 11 heteroatoms. The maximum absolute atomic E-state index is 13.1. The highest BCUT2D eigenvalue weighted by Crippen LogP contribution is 2.29. The maximum atomic E-state index is 13.1. The van der Waals surface area contributed by atoms with Gasteiger partial charge in [-0.25, -0.2) is 4.98 Å². The van der Waals surface area contributed by atoms with E-state index in [-0.39, 0.29) is 23.7 Å². The van der Waals surface area contributed by atoms with E-state index in [0.29, 0.717) is 42.2 Å². The number of aromatic nitrogens is 4. The van der Waals surface area contributed by atoms with Crippen molar-refractivity contribution in [1.29, 1.82) is 0 Å². The molecule has 3 aromatic heterocycles. The number of nitrogens with two attached hydrogens (primary N) is 2. The molecule has 1 atom stereocenters. The summed E-state index contributed by atoms with van der Waals surface area (Å²) in [7, 11) is 1.82. The summed E-state index contributed by atoms with van der Waals surface area (Å²) < 4.78 is 6.80. The summed E-state index contributed by atoms with van der Waals surface area (Å²) in [4.78, 5) is 31.9. The maximum Gasteiger partial charge on any atom is 0.255 e. The van der Waals surface area contributed by atoms with Crippen LogP contribution >= 0.6 is 0 Å². The quantitative estimate of drug-likeness (QED) is 0.387. The Bertz CT molecular complexity index is 1420. The minimum Gasteiger partial charge on any atom is -0.383 e. The zero-order chi connectivity index (χ0) is 25.4. The van der Waals surface area contributed by atoms with Crippen LogP contribution in [0.3, 0.4) is 0 Å². The van der Waals surface area contributed by atoms with Crippen LogP contribution in [0.2, 0.25) is 0 Å². The molecule has 1 aromatic carbocycles. The second kappa shape index (κ2) is 9.17. The number of benzene rings is 1. The average molecular weight is 487 g/mol. The predicted octanol–water partition coefficient (Wildman–Crippen LogP) is 2.25. The second-order valence-electron chi connectivity index (χ2n) is 8.85. The van der Waals surface area contributed by atoms with Crippen molar-refractivity contribution in [2.75, 3.05) is 24.6 Å². The van der Waals surface area contributed by atoms with Gasteiger partial charge in [-0.3, -0.25) is 14.3 Å². The summed E-state index contributed by atoms with van der Waals surface area (Å²) in [6.07, 6.45) is 5.79. The van der Waals surface area contributed by atoms with Gasteiger partial charge in [0.05, 0.1) is 17.3 Å². The van der Waals surface area contributed by atoms with Crippen molar-refractivity contribution in [2.24, 2.45) is 7.05 Å². The summed E-state index contributed by atoms with van der Waals surface area (Å²) in [6, 6.07) is 8.67. The number of amides is 2. The number of hydrogen-bond acceptors (Lipinski definition) is 8. The third kappa shape index (κ3) is 4.38. The molecule has 0 unspecified atom stereocenters. The van der Waals surface area contributed by atoms with Gasteiger partial charge in [0.1, 0.15) is 11.6 Å². The van der Waals surface area contributed by atoms with Gasteiger partial charge in [-0.2, -0.15) is 5.10 Å². The molecule has 4 heterocycles. The highest BCUT2D eigenvalue weighted by atomic mass is 16.5. The molecule has 5 rings (SSSR count). The van der Waals surface area contributed by atoms with Gasteiger partial charge >= 0.3 is 0 Å². The Labute approximate surface area is 207 Å². The number of carbonyl (C=O) groups is 2. The molecule has 5 N–H and O–H groups in total. The van der Waals surface area contributed by atoms with Gasteiger partial charge in [-0.05, 0) is 37.1 Å². The Kier molecular flexibility index (Phi) is 5.88. The number of pyridine rings is 1. The lowest BCUT2D eigenvalue weighted by molar-refractivity contribution is 0.0783. The van der Waals surface area contributed by atoms with Gasteiger partial charge in [-0.1, -0.05) is 17.3 Å². The molecule has 1 aliphatic heterocycles. The van der Waals surface area contributed by atoms with Crippen LogP contribution in [0.25, 0.3) is 22.3 Å². The zero-order valence-electron chi connectivity index (χ0n) is 19.9. The van der Waals surface area contributed by atoms with Gasteiger partial charge in [0, 0.05) is 55.3 Å². The van der Waals surface area contributed by atoms with Crippen molar-refractivity contribution in [3.8, 4) is 22.3 Å². The molecule has 0 bridgehead atoms. The number of nitrogens with zero attached hydrogens (tertiary/aromatic N) is 5. The van der Waals surface area contributed by atoms with Gasteiger partial charge in [-0.15, -0.1) is 0 Å². The first-order valence-electron chi connectivity index (χ1n) is 11.5. The summed E-state index contributed by atoms with van der Waals surface area (Å²) in [5.41, 5.74) is 15.9. The van der Waals surface area contributed by atoms with Gasteiger partial charge in [0.15, 0.2) is 5.82 Å². The lowest BCUT2D eigenvalue weighted by Crippen LogP contribution is -2.38. The average Bonchev–Trinajstić information content (AvgIpc) is 3.60. The number of nitrogens with one attached hydrogen (secondary N) is 1. The normalized spacial score (nSPS) is 15.3. The fourth-order valence-corrected chi connectivity index (χ4v) is 4.41. The fraction of sp³-hybridized carbons (Fsp3) is 0.240. The minimum atomic E-state index is -0.323. The van der Waals surface area contributed by atoms with Gasteiger partial charge < -0.3 is 26.2 Å². The number of carbonyl (C=O) groups excluding carboxylic acids is 2. The van der Waals surface area contributed by atoms with Crippen LogP contribution in [0, 0.1) is 6.92 Å². The number of hydrogen-bond donors (Lipinski definition) is 3. The molecule has 184 valence electrons. The second-order valence-corrected chi connectivity index (χ2v) is 8.85. The van der Waals surface area contributed by atoms with E-state index < -0.39 is 0 Å². The molecule has 4 aromatic rings. The van der Waals surface area contributed by atoms with Crippen molar-refractivity contribution < 1.29 is 14.1 Å². The summed E-state index contributed by atoms with van der Waals surface area (Å²) >= 11 is 0. The fourth-order valence-electron chi connectivity index (χ4n) is 4.41. The Hall–Kier alpha value is -4.67. The zero-order valence-corrected chi connectivity index (χ0v) is 19.9. The van der Waals surface area contributed by atoms with Crippen molar-refractivity contribution >= 4 is 23.5 Å². The number of nitrogen functional groups attached to an aromatic ring is 2. The molecule has 0 aliphatic carbocycles. The number of rotatable bonds is 5. The molecule has 0 saturated carbocycles. The molecule has 1 saturated heterocycles. The number of aryl methyl sites for hydroxylation is 2. The van der Waals surface area contributed by atoms with Crippen molar-refractivity contribution in [3.63, 3.8) is 0 Å². The van der Waals surface area contributed by atoms with E-state index in [1.54, 1.807) is 47.1 Å². The highest BCUT2D eigenvalue weighted by molar-refractivity contribution is 6.00. The molecule has 0 radical (unpaired) electrons. The molecule has 36 heavy (non-hydrogen) atoms. The van der Waals surface area contributed by atoms with Crippen molar-refractivity contribution in [2.45, 2.75) is 19.4 Å². The Morgan fingerprint density at radius 1 is 1.08 bits per heavy atom. The van der Waals surface area contributed by atoms with E-state index in [1.807, 2.05) is 25.4 Å². The third-order valence-corrected chi connectivity index (χ3v) is 6.32.